The lowest BCUT2D eigenvalue weighted by Crippen LogP contribution is -2.09. The quantitative estimate of drug-likeness (QED) is 0.486. The van der Waals surface area contributed by atoms with Crippen molar-refractivity contribution in [2.24, 2.45) is 0 Å². The average Bonchev–Trinajstić information content (AvgIpc) is 2.35. The maximum Gasteiger partial charge on any atom is 0.446 e. The number of aldehydes is 1. The SMILES string of the molecule is COC(=O)c1ccc(C=O)c(SC(F)(F)F)c1C#N. The van der Waals surface area contributed by atoms with E-state index in [2.05, 4.69) is 4.74 Å². The molecular weight excluding hydrogens is 283 g/mol. The first-order chi connectivity index (χ1) is 8.84. The van der Waals surface area contributed by atoms with Gasteiger partial charge in [0.05, 0.1) is 18.2 Å². The van der Waals surface area contributed by atoms with Gasteiger partial charge in [0.1, 0.15) is 6.07 Å². The van der Waals surface area contributed by atoms with Gasteiger partial charge in [0.15, 0.2) is 6.29 Å². The number of hydrogen-bond acceptors (Lipinski definition) is 5. The van der Waals surface area contributed by atoms with E-state index in [1.165, 1.54) is 6.07 Å². The highest BCUT2D eigenvalue weighted by Crippen LogP contribution is 2.40. The second kappa shape index (κ2) is 5.75. The highest BCUT2D eigenvalue weighted by atomic mass is 32.2. The molecule has 0 fully saturated rings. The summed E-state index contributed by atoms with van der Waals surface area (Å²) in [6.07, 6.45) is 0.190. The van der Waals surface area contributed by atoms with E-state index < -0.39 is 33.7 Å². The zero-order valence-corrected chi connectivity index (χ0v) is 10.3. The fourth-order valence-corrected chi connectivity index (χ4v) is 2.03. The number of nitrogens with zero attached hydrogens (tertiary/aromatic N) is 1. The van der Waals surface area contributed by atoms with Crippen LogP contribution < -0.4 is 0 Å². The van der Waals surface area contributed by atoms with Crippen LogP contribution in [0.25, 0.3) is 0 Å². The van der Waals surface area contributed by atoms with Crippen molar-refractivity contribution in [2.75, 3.05) is 7.11 Å². The van der Waals surface area contributed by atoms with Crippen molar-refractivity contribution in [1.82, 2.24) is 0 Å². The molecule has 100 valence electrons. The predicted octanol–water partition coefficient (Wildman–Crippen LogP) is 2.77. The normalized spacial score (nSPS) is 10.7. The number of hydrogen-bond donors (Lipinski definition) is 0. The number of benzene rings is 1. The molecule has 0 saturated heterocycles. The van der Waals surface area contributed by atoms with Gasteiger partial charge in [-0.3, -0.25) is 4.79 Å². The molecule has 0 N–H and O–H groups in total. The lowest BCUT2D eigenvalue weighted by molar-refractivity contribution is -0.0328. The molecule has 0 aliphatic carbocycles. The third-order valence-electron chi connectivity index (χ3n) is 2.05. The zero-order chi connectivity index (χ0) is 14.6. The van der Waals surface area contributed by atoms with E-state index in [1.807, 2.05) is 0 Å². The highest BCUT2D eigenvalue weighted by Gasteiger charge is 2.33. The number of nitriles is 1. The number of carbonyl (C=O) groups excluding carboxylic acids is 2. The molecular formula is C11H6F3NO3S. The fourth-order valence-electron chi connectivity index (χ4n) is 1.31. The Morgan fingerprint density at radius 1 is 1.47 bits per heavy atom. The van der Waals surface area contributed by atoms with E-state index in [-0.39, 0.29) is 17.4 Å². The molecule has 0 bridgehead atoms. The highest BCUT2D eigenvalue weighted by molar-refractivity contribution is 8.00. The van der Waals surface area contributed by atoms with Gasteiger partial charge in [-0.05, 0) is 23.9 Å². The Morgan fingerprint density at radius 3 is 2.53 bits per heavy atom. The van der Waals surface area contributed by atoms with Gasteiger partial charge < -0.3 is 4.74 Å². The second-order valence-corrected chi connectivity index (χ2v) is 4.25. The molecule has 0 amide bonds. The standard InChI is InChI=1S/C11H6F3NO3S/c1-18-10(17)7-3-2-6(5-16)9(8(7)4-15)19-11(12,13)14/h2-3,5H,1H3. The van der Waals surface area contributed by atoms with Crippen molar-refractivity contribution in [1.29, 1.82) is 5.26 Å². The number of rotatable bonds is 3. The molecule has 19 heavy (non-hydrogen) atoms. The van der Waals surface area contributed by atoms with Crippen LogP contribution in [0.3, 0.4) is 0 Å². The molecule has 0 aliphatic heterocycles. The lowest BCUT2D eigenvalue weighted by atomic mass is 10.1. The number of ether oxygens (including phenoxy) is 1. The largest absolute Gasteiger partial charge is 0.465 e. The predicted molar refractivity (Wildman–Crippen MR) is 59.8 cm³/mol. The molecule has 0 unspecified atom stereocenters. The van der Waals surface area contributed by atoms with Crippen LogP contribution in [0.1, 0.15) is 26.3 Å². The minimum atomic E-state index is -4.68. The molecule has 0 spiro atoms. The maximum absolute atomic E-state index is 12.4. The van der Waals surface area contributed by atoms with Crippen molar-refractivity contribution < 1.29 is 27.5 Å². The molecule has 1 aromatic carbocycles. The number of halogens is 3. The van der Waals surface area contributed by atoms with Gasteiger partial charge in [-0.15, -0.1) is 0 Å². The summed E-state index contributed by atoms with van der Waals surface area (Å²) in [4.78, 5) is 21.5. The topological polar surface area (TPSA) is 67.2 Å². The van der Waals surface area contributed by atoms with E-state index in [0.29, 0.717) is 0 Å². The van der Waals surface area contributed by atoms with Crippen LogP contribution in [0.4, 0.5) is 13.2 Å². The molecule has 1 aromatic rings. The van der Waals surface area contributed by atoms with Crippen molar-refractivity contribution in [3.05, 3.63) is 28.8 Å². The van der Waals surface area contributed by atoms with Crippen LogP contribution in [-0.4, -0.2) is 24.9 Å². The minimum Gasteiger partial charge on any atom is -0.465 e. The van der Waals surface area contributed by atoms with Gasteiger partial charge in [-0.25, -0.2) is 4.79 Å². The number of alkyl halides is 3. The van der Waals surface area contributed by atoms with Crippen molar-refractivity contribution >= 4 is 24.0 Å². The Morgan fingerprint density at radius 2 is 2.11 bits per heavy atom. The molecule has 1 rings (SSSR count). The summed E-state index contributed by atoms with van der Waals surface area (Å²) in [6, 6.07) is 3.61. The summed E-state index contributed by atoms with van der Waals surface area (Å²) in [5, 5.41) is 8.91. The number of esters is 1. The van der Waals surface area contributed by atoms with Crippen LogP contribution >= 0.6 is 11.8 Å². The third-order valence-corrected chi connectivity index (χ3v) is 2.93. The molecule has 0 atom stereocenters. The van der Waals surface area contributed by atoms with E-state index in [0.717, 1.165) is 19.2 Å². The molecule has 8 heteroatoms. The van der Waals surface area contributed by atoms with Gasteiger partial charge in [-0.2, -0.15) is 18.4 Å². The van der Waals surface area contributed by atoms with Crippen LogP contribution in [0.5, 0.6) is 0 Å². The van der Waals surface area contributed by atoms with Gasteiger partial charge in [0.25, 0.3) is 0 Å². The van der Waals surface area contributed by atoms with Crippen LogP contribution in [0, 0.1) is 11.3 Å². The molecule has 0 radical (unpaired) electrons. The summed E-state index contributed by atoms with van der Waals surface area (Å²) >= 11 is -0.616. The average molecular weight is 289 g/mol. The maximum atomic E-state index is 12.4. The van der Waals surface area contributed by atoms with E-state index in [1.54, 1.807) is 0 Å². The Labute approximate surface area is 110 Å². The first-order valence-corrected chi connectivity index (χ1v) is 5.52. The number of methoxy groups -OCH3 is 1. The second-order valence-electron chi connectivity index (χ2n) is 3.18. The van der Waals surface area contributed by atoms with Crippen LogP contribution in [0.15, 0.2) is 17.0 Å². The van der Waals surface area contributed by atoms with Crippen LogP contribution in [0.2, 0.25) is 0 Å². The Hall–Kier alpha value is -2.01. The summed E-state index contributed by atoms with van der Waals surface area (Å²) in [6.45, 7) is 0. The van der Waals surface area contributed by atoms with Gasteiger partial charge in [0.2, 0.25) is 0 Å². The number of carbonyl (C=O) groups is 2. The van der Waals surface area contributed by atoms with Crippen molar-refractivity contribution in [3.8, 4) is 6.07 Å². The summed E-state index contributed by atoms with van der Waals surface area (Å²) < 4.78 is 41.6. The van der Waals surface area contributed by atoms with E-state index in [9.17, 15) is 22.8 Å². The van der Waals surface area contributed by atoms with E-state index >= 15 is 0 Å². The van der Waals surface area contributed by atoms with Gasteiger partial charge in [0, 0.05) is 10.5 Å². The van der Waals surface area contributed by atoms with Gasteiger partial charge in [-0.1, -0.05) is 0 Å². The van der Waals surface area contributed by atoms with Crippen molar-refractivity contribution in [2.45, 2.75) is 10.4 Å². The number of thioether (sulfide) groups is 1. The summed E-state index contributed by atoms with van der Waals surface area (Å²) in [5.74, 6) is -0.946. The molecule has 0 aliphatic rings. The minimum absolute atomic E-state index is 0.190. The van der Waals surface area contributed by atoms with Gasteiger partial charge >= 0.3 is 11.5 Å². The summed E-state index contributed by atoms with van der Waals surface area (Å²) in [5.41, 5.74) is -5.84. The van der Waals surface area contributed by atoms with E-state index in [4.69, 9.17) is 5.26 Å². The molecule has 4 nitrogen and oxygen atoms in total. The Balaban J connectivity index is 3.51. The third kappa shape index (κ3) is 3.48. The zero-order valence-electron chi connectivity index (χ0n) is 9.45. The van der Waals surface area contributed by atoms with Crippen molar-refractivity contribution in [3.63, 3.8) is 0 Å². The smallest absolute Gasteiger partial charge is 0.446 e. The Kier molecular flexibility index (Phi) is 4.56. The lowest BCUT2D eigenvalue weighted by Gasteiger charge is -2.11. The first kappa shape index (κ1) is 15.0. The summed E-state index contributed by atoms with van der Waals surface area (Å²) in [7, 11) is 1.04. The Bertz CT molecular complexity index is 564. The van der Waals surface area contributed by atoms with Crippen LogP contribution in [-0.2, 0) is 4.74 Å². The molecule has 0 aromatic heterocycles. The molecule has 0 heterocycles. The monoisotopic (exact) mass is 289 g/mol. The fraction of sp³-hybridized carbons (Fsp3) is 0.182. The molecule has 0 saturated carbocycles. The first-order valence-electron chi connectivity index (χ1n) is 4.70.